The van der Waals surface area contributed by atoms with Crippen LogP contribution in [0, 0.1) is 6.92 Å². The van der Waals surface area contributed by atoms with E-state index in [1.54, 1.807) is 33.6 Å². The van der Waals surface area contributed by atoms with Gasteiger partial charge in [0.2, 0.25) is 5.91 Å². The molecule has 0 aliphatic rings. The average molecular weight is 480 g/mol. The van der Waals surface area contributed by atoms with Gasteiger partial charge in [-0.15, -0.1) is 0 Å². The summed E-state index contributed by atoms with van der Waals surface area (Å²) in [5, 5.41) is 6.84. The van der Waals surface area contributed by atoms with E-state index in [4.69, 9.17) is 17.3 Å². The molecule has 0 saturated heterocycles. The van der Waals surface area contributed by atoms with E-state index in [9.17, 15) is 14.4 Å². The van der Waals surface area contributed by atoms with E-state index in [1.807, 2.05) is 37.3 Å². The van der Waals surface area contributed by atoms with Crippen molar-refractivity contribution in [1.29, 1.82) is 0 Å². The second-order valence-corrected chi connectivity index (χ2v) is 8.59. The van der Waals surface area contributed by atoms with Crippen LogP contribution in [0.1, 0.15) is 22.3 Å². The van der Waals surface area contributed by atoms with Crippen molar-refractivity contribution in [2.45, 2.75) is 39.5 Å². The standard InChI is InChI=1S/C25H26ClN5O3/c1-16-8-9-30(10-11-31-22-5-3-2-4-20(22)24(33)29-31)25(34)21(16)13-23(32)28-15-18-12-19(26)7-6-17(18)14-27/h2-9,12H,10-11,13-15,27H2,1H3,(H,28,32)(H,29,33). The molecule has 4 aromatic rings. The van der Waals surface area contributed by atoms with Crippen LogP contribution in [-0.4, -0.2) is 20.3 Å². The average Bonchev–Trinajstić information content (AvgIpc) is 3.15. The molecule has 34 heavy (non-hydrogen) atoms. The molecule has 176 valence electrons. The zero-order chi connectivity index (χ0) is 24.2. The first-order valence-corrected chi connectivity index (χ1v) is 11.4. The Bertz CT molecular complexity index is 1470. The highest BCUT2D eigenvalue weighted by Gasteiger charge is 2.14. The number of nitrogens with two attached hydrogens (primary N) is 1. The zero-order valence-corrected chi connectivity index (χ0v) is 19.6. The van der Waals surface area contributed by atoms with Crippen molar-refractivity contribution in [3.05, 3.63) is 103 Å². The minimum atomic E-state index is -0.262. The molecule has 0 saturated carbocycles. The zero-order valence-electron chi connectivity index (χ0n) is 18.8. The molecule has 9 heteroatoms. The number of fused-ring (bicyclic) bond motifs is 1. The van der Waals surface area contributed by atoms with Crippen molar-refractivity contribution < 1.29 is 4.79 Å². The van der Waals surface area contributed by atoms with Gasteiger partial charge < -0.3 is 15.6 Å². The Morgan fingerprint density at radius 1 is 1.09 bits per heavy atom. The lowest BCUT2D eigenvalue weighted by Crippen LogP contribution is -2.31. The Labute approximate surface area is 200 Å². The Morgan fingerprint density at radius 3 is 2.68 bits per heavy atom. The minimum absolute atomic E-state index is 0.0344. The van der Waals surface area contributed by atoms with Gasteiger partial charge in [0, 0.05) is 36.4 Å². The number of H-pyrrole nitrogens is 1. The summed E-state index contributed by atoms with van der Waals surface area (Å²) in [6, 6.07) is 14.5. The quantitative estimate of drug-likeness (QED) is 0.360. The number of aromatic amines is 1. The highest BCUT2D eigenvalue weighted by atomic mass is 35.5. The summed E-state index contributed by atoms with van der Waals surface area (Å²) in [6.45, 7) is 3.19. The largest absolute Gasteiger partial charge is 0.352 e. The highest BCUT2D eigenvalue weighted by molar-refractivity contribution is 6.30. The summed E-state index contributed by atoms with van der Waals surface area (Å²) in [6.07, 6.45) is 1.68. The number of aromatic nitrogens is 3. The fourth-order valence-corrected chi connectivity index (χ4v) is 4.20. The number of amides is 1. The number of para-hydroxylation sites is 1. The third-order valence-corrected chi connectivity index (χ3v) is 6.18. The number of carbonyl (C=O) groups excluding carboxylic acids is 1. The Kier molecular flexibility index (Phi) is 7.00. The maximum Gasteiger partial charge on any atom is 0.271 e. The first-order valence-electron chi connectivity index (χ1n) is 11.0. The van der Waals surface area contributed by atoms with Crippen LogP contribution in [0.15, 0.2) is 64.3 Å². The molecule has 0 radical (unpaired) electrons. The molecule has 2 aromatic heterocycles. The Hall–Kier alpha value is -3.62. The van der Waals surface area contributed by atoms with Gasteiger partial charge in [0.05, 0.1) is 23.9 Å². The number of nitrogens with one attached hydrogen (secondary N) is 2. The summed E-state index contributed by atoms with van der Waals surface area (Å²) in [7, 11) is 0. The number of hydrogen-bond acceptors (Lipinski definition) is 4. The lowest BCUT2D eigenvalue weighted by molar-refractivity contribution is -0.120. The van der Waals surface area contributed by atoms with Gasteiger partial charge in [0.1, 0.15) is 0 Å². The van der Waals surface area contributed by atoms with Crippen molar-refractivity contribution in [1.82, 2.24) is 19.7 Å². The minimum Gasteiger partial charge on any atom is -0.352 e. The number of benzene rings is 2. The van der Waals surface area contributed by atoms with E-state index in [1.165, 1.54) is 0 Å². The molecule has 1 amide bonds. The van der Waals surface area contributed by atoms with Crippen molar-refractivity contribution in [2.24, 2.45) is 5.73 Å². The molecule has 0 aliphatic heterocycles. The van der Waals surface area contributed by atoms with Crippen molar-refractivity contribution in [3.63, 3.8) is 0 Å². The molecule has 0 atom stereocenters. The Morgan fingerprint density at radius 2 is 1.88 bits per heavy atom. The molecular weight excluding hydrogens is 454 g/mol. The molecular formula is C25H26ClN5O3. The van der Waals surface area contributed by atoms with Gasteiger partial charge in [-0.05, 0) is 53.9 Å². The third kappa shape index (κ3) is 4.98. The van der Waals surface area contributed by atoms with Crippen LogP contribution < -0.4 is 22.2 Å². The van der Waals surface area contributed by atoms with E-state index < -0.39 is 0 Å². The number of aryl methyl sites for hydroxylation is 3. The monoisotopic (exact) mass is 479 g/mol. The van der Waals surface area contributed by atoms with Crippen LogP contribution in [0.3, 0.4) is 0 Å². The van der Waals surface area contributed by atoms with Gasteiger partial charge in [-0.1, -0.05) is 29.8 Å². The SMILES string of the molecule is Cc1ccn(CCn2[nH]c(=O)c3ccccc32)c(=O)c1CC(=O)NCc1cc(Cl)ccc1CN. The third-order valence-electron chi connectivity index (χ3n) is 5.94. The lowest BCUT2D eigenvalue weighted by Gasteiger charge is -2.13. The summed E-state index contributed by atoms with van der Waals surface area (Å²) < 4.78 is 3.29. The van der Waals surface area contributed by atoms with Crippen molar-refractivity contribution in [3.8, 4) is 0 Å². The summed E-state index contributed by atoms with van der Waals surface area (Å²) in [4.78, 5) is 37.9. The van der Waals surface area contributed by atoms with Gasteiger partial charge in [-0.2, -0.15) is 0 Å². The van der Waals surface area contributed by atoms with Crippen LogP contribution in [-0.2, 0) is 37.4 Å². The van der Waals surface area contributed by atoms with Crippen LogP contribution in [0.25, 0.3) is 10.9 Å². The second kappa shape index (κ2) is 10.1. The maximum atomic E-state index is 13.1. The van der Waals surface area contributed by atoms with Gasteiger partial charge in [-0.3, -0.25) is 24.2 Å². The molecule has 2 heterocycles. The van der Waals surface area contributed by atoms with Gasteiger partial charge in [-0.25, -0.2) is 0 Å². The molecule has 4 rings (SSSR count). The number of halogens is 1. The van der Waals surface area contributed by atoms with Crippen LogP contribution in [0.5, 0.6) is 0 Å². The molecule has 0 unspecified atom stereocenters. The van der Waals surface area contributed by atoms with Gasteiger partial charge in [0.15, 0.2) is 0 Å². The molecule has 8 nitrogen and oxygen atoms in total. The molecule has 0 fully saturated rings. The fourth-order valence-electron chi connectivity index (χ4n) is 4.01. The second-order valence-electron chi connectivity index (χ2n) is 8.16. The van der Waals surface area contributed by atoms with Gasteiger partial charge >= 0.3 is 0 Å². The van der Waals surface area contributed by atoms with Crippen molar-refractivity contribution >= 4 is 28.4 Å². The summed E-state index contributed by atoms with van der Waals surface area (Å²) in [5.74, 6) is -0.262. The van der Waals surface area contributed by atoms with Crippen LogP contribution >= 0.6 is 11.6 Å². The predicted molar refractivity (Wildman–Crippen MR) is 133 cm³/mol. The lowest BCUT2D eigenvalue weighted by atomic mass is 10.1. The summed E-state index contributed by atoms with van der Waals surface area (Å²) >= 11 is 6.07. The number of rotatable bonds is 8. The number of pyridine rings is 1. The maximum absolute atomic E-state index is 13.1. The van der Waals surface area contributed by atoms with E-state index in [0.717, 1.165) is 22.2 Å². The van der Waals surface area contributed by atoms with E-state index >= 15 is 0 Å². The molecule has 2 aromatic carbocycles. The van der Waals surface area contributed by atoms with Crippen LogP contribution in [0.4, 0.5) is 0 Å². The number of nitrogens with zero attached hydrogens (tertiary/aromatic N) is 2. The van der Waals surface area contributed by atoms with Crippen LogP contribution in [0.2, 0.25) is 5.02 Å². The first-order chi connectivity index (χ1) is 16.4. The van der Waals surface area contributed by atoms with E-state index in [0.29, 0.717) is 35.6 Å². The molecule has 0 bridgehead atoms. The topological polar surface area (TPSA) is 115 Å². The van der Waals surface area contributed by atoms with Gasteiger partial charge in [0.25, 0.3) is 11.1 Å². The summed E-state index contributed by atoms with van der Waals surface area (Å²) in [5.41, 5.74) is 9.10. The molecule has 4 N–H and O–H groups in total. The normalized spacial score (nSPS) is 11.1. The molecule has 0 aliphatic carbocycles. The Balaban J connectivity index is 1.47. The first kappa shape index (κ1) is 23.5. The van der Waals surface area contributed by atoms with E-state index in [2.05, 4.69) is 10.4 Å². The number of carbonyl (C=O) groups is 1. The predicted octanol–water partition coefficient (Wildman–Crippen LogP) is 2.47. The fraction of sp³-hybridized carbons (Fsp3) is 0.240. The highest BCUT2D eigenvalue weighted by Crippen LogP contribution is 2.16. The van der Waals surface area contributed by atoms with E-state index in [-0.39, 0.29) is 30.0 Å². The smallest absolute Gasteiger partial charge is 0.271 e. The van der Waals surface area contributed by atoms with Crippen molar-refractivity contribution in [2.75, 3.05) is 0 Å². The number of hydrogen-bond donors (Lipinski definition) is 3. The molecule has 0 spiro atoms.